The molecule has 38 heavy (non-hydrogen) atoms. The van der Waals surface area contributed by atoms with Crippen LogP contribution in [0.4, 0.5) is 0 Å². The van der Waals surface area contributed by atoms with Crippen LogP contribution in [0.5, 0.6) is 5.75 Å². The molecule has 0 spiro atoms. The van der Waals surface area contributed by atoms with Gasteiger partial charge in [-0.2, -0.15) is 8.42 Å². The molecule has 200 valence electrons. The number of halogens is 1. The molecular weight excluding hydrogens is 522 g/mol. The molecule has 8 heteroatoms. The Morgan fingerprint density at radius 2 is 1.32 bits per heavy atom. The van der Waals surface area contributed by atoms with Gasteiger partial charge in [0.2, 0.25) is 0 Å². The van der Waals surface area contributed by atoms with Gasteiger partial charge in [-0.05, 0) is 54.0 Å². The molecule has 0 unspecified atom stereocenters. The van der Waals surface area contributed by atoms with Crippen molar-refractivity contribution in [2.75, 3.05) is 7.05 Å². The second-order valence-electron chi connectivity index (χ2n) is 12.1. The van der Waals surface area contributed by atoms with E-state index in [0.717, 1.165) is 11.4 Å². The van der Waals surface area contributed by atoms with Crippen LogP contribution in [0.3, 0.4) is 0 Å². The van der Waals surface area contributed by atoms with Gasteiger partial charge in [-0.3, -0.25) is 9.59 Å². The minimum atomic E-state index is -4.20. The van der Waals surface area contributed by atoms with E-state index in [0.29, 0.717) is 47.4 Å². The fraction of sp³-hybridized carbons (Fsp3) is 0.400. The van der Waals surface area contributed by atoms with Crippen molar-refractivity contribution in [3.05, 3.63) is 81.7 Å². The molecule has 0 bridgehead atoms. The molecule has 0 fully saturated rings. The minimum absolute atomic E-state index is 0.0207. The third-order valence-corrected chi connectivity index (χ3v) is 9.21. The molecule has 0 saturated heterocycles. The van der Waals surface area contributed by atoms with Gasteiger partial charge in [-0.25, -0.2) is 0 Å². The van der Waals surface area contributed by atoms with Gasteiger partial charge >= 0.3 is 10.1 Å². The van der Waals surface area contributed by atoms with E-state index in [4.69, 9.17) is 15.8 Å². The van der Waals surface area contributed by atoms with E-state index in [2.05, 4.69) is 27.7 Å². The first-order valence-electron chi connectivity index (χ1n) is 12.7. The quantitative estimate of drug-likeness (QED) is 0.406. The number of ketones is 2. The molecule has 0 amide bonds. The lowest BCUT2D eigenvalue weighted by Crippen LogP contribution is -2.43. The zero-order valence-electron chi connectivity index (χ0n) is 22.3. The summed E-state index contributed by atoms with van der Waals surface area (Å²) in [4.78, 5) is 29.5. The first kappa shape index (κ1) is 26.7. The van der Waals surface area contributed by atoms with Crippen molar-refractivity contribution in [1.82, 2.24) is 4.90 Å². The van der Waals surface area contributed by atoms with E-state index in [9.17, 15) is 18.0 Å². The maximum Gasteiger partial charge on any atom is 0.339 e. The first-order valence-corrected chi connectivity index (χ1v) is 14.5. The Morgan fingerprint density at radius 1 is 0.816 bits per heavy atom. The zero-order chi connectivity index (χ0) is 27.6. The Hall–Kier alpha value is -2.90. The number of hydrogen-bond acceptors (Lipinski definition) is 6. The topological polar surface area (TPSA) is 80.8 Å². The summed E-state index contributed by atoms with van der Waals surface area (Å²) in [6.07, 6.45) is 2.06. The van der Waals surface area contributed by atoms with E-state index in [1.807, 2.05) is 11.9 Å². The molecule has 2 aliphatic carbocycles. The van der Waals surface area contributed by atoms with Crippen LogP contribution in [0, 0.1) is 10.8 Å². The number of allylic oxidation sites excluding steroid dienone is 4. The van der Waals surface area contributed by atoms with Crippen LogP contribution < -0.4 is 4.18 Å². The molecule has 6 nitrogen and oxygen atoms in total. The van der Waals surface area contributed by atoms with Crippen molar-refractivity contribution >= 4 is 33.3 Å². The Kier molecular flexibility index (Phi) is 6.39. The van der Waals surface area contributed by atoms with E-state index >= 15 is 0 Å². The highest BCUT2D eigenvalue weighted by Gasteiger charge is 2.48. The molecule has 0 aromatic heterocycles. The minimum Gasteiger partial charge on any atom is -0.379 e. The summed E-state index contributed by atoms with van der Waals surface area (Å²) in [5.41, 5.74) is 2.98. The van der Waals surface area contributed by atoms with E-state index in [-0.39, 0.29) is 33.0 Å². The highest BCUT2D eigenvalue weighted by Crippen LogP contribution is 2.55. The summed E-state index contributed by atoms with van der Waals surface area (Å²) in [5.74, 6) is -0.633. The molecule has 0 atom stereocenters. The Morgan fingerprint density at radius 3 is 1.84 bits per heavy atom. The molecule has 1 heterocycles. The fourth-order valence-electron chi connectivity index (χ4n) is 6.04. The summed E-state index contributed by atoms with van der Waals surface area (Å²) in [6, 6.07) is 12.6. The summed E-state index contributed by atoms with van der Waals surface area (Å²) < 4.78 is 32.2. The maximum absolute atomic E-state index is 13.7. The van der Waals surface area contributed by atoms with E-state index in [1.54, 1.807) is 24.3 Å². The van der Waals surface area contributed by atoms with Gasteiger partial charge in [0.25, 0.3) is 0 Å². The molecule has 2 aromatic rings. The van der Waals surface area contributed by atoms with E-state index < -0.39 is 16.0 Å². The smallest absolute Gasteiger partial charge is 0.339 e. The number of carbonyl (C=O) groups excluding carboxylic acids is 2. The van der Waals surface area contributed by atoms with Crippen LogP contribution in [0.2, 0.25) is 5.02 Å². The Labute approximate surface area is 229 Å². The number of benzene rings is 2. The SMILES string of the molecule is CN1C2=C(C(=O)CC(C)(C)C2)C(c2ccccc2OS(=O)(=O)c2ccc(Cl)cc2)C2=C1CC(C)(C)CC2=O. The number of rotatable bonds is 4. The fourth-order valence-corrected chi connectivity index (χ4v) is 7.12. The van der Waals surface area contributed by atoms with Crippen LogP contribution in [0.1, 0.15) is 64.9 Å². The number of nitrogens with zero attached hydrogens (tertiary/aromatic N) is 1. The third kappa shape index (κ3) is 4.71. The number of hydrogen-bond donors (Lipinski definition) is 0. The number of para-hydroxylation sites is 1. The van der Waals surface area contributed by atoms with Crippen molar-refractivity contribution in [3.63, 3.8) is 0 Å². The molecule has 2 aromatic carbocycles. The van der Waals surface area contributed by atoms with Crippen molar-refractivity contribution < 1.29 is 22.2 Å². The van der Waals surface area contributed by atoms with Crippen molar-refractivity contribution in [2.45, 2.75) is 64.2 Å². The maximum atomic E-state index is 13.7. The Bertz CT molecular complexity index is 1460. The van der Waals surface area contributed by atoms with Gasteiger partial charge in [0.05, 0.1) is 0 Å². The molecule has 3 aliphatic rings. The van der Waals surface area contributed by atoms with Gasteiger partial charge < -0.3 is 9.08 Å². The standard InChI is InChI=1S/C30H32ClNO5S/c1-29(2)14-21-27(23(33)16-29)26(28-22(32(21)5)15-30(3,4)17-24(28)34)20-8-6-7-9-25(20)37-38(35,36)19-12-10-18(31)11-13-19/h6-13,26H,14-17H2,1-5H3. The van der Waals surface area contributed by atoms with Crippen molar-refractivity contribution in [3.8, 4) is 5.75 Å². The first-order chi connectivity index (χ1) is 17.7. The van der Waals surface area contributed by atoms with Crippen LogP contribution in [0.15, 0.2) is 76.0 Å². The lowest BCUT2D eigenvalue weighted by Gasteiger charge is -2.48. The largest absolute Gasteiger partial charge is 0.379 e. The van der Waals surface area contributed by atoms with Crippen LogP contribution in [-0.4, -0.2) is 31.9 Å². The zero-order valence-corrected chi connectivity index (χ0v) is 23.9. The summed E-state index contributed by atoms with van der Waals surface area (Å²) in [5, 5.41) is 0.409. The molecule has 0 N–H and O–H groups in total. The second-order valence-corrected chi connectivity index (χ2v) is 14.1. The van der Waals surface area contributed by atoms with Gasteiger partial charge in [0, 0.05) is 58.9 Å². The average Bonchev–Trinajstić information content (AvgIpc) is 2.80. The van der Waals surface area contributed by atoms with Crippen molar-refractivity contribution in [1.29, 1.82) is 0 Å². The lowest BCUT2D eigenvalue weighted by molar-refractivity contribution is -0.119. The molecule has 5 rings (SSSR count). The monoisotopic (exact) mass is 553 g/mol. The van der Waals surface area contributed by atoms with Gasteiger partial charge in [-0.1, -0.05) is 57.5 Å². The highest BCUT2D eigenvalue weighted by atomic mass is 35.5. The van der Waals surface area contributed by atoms with Crippen molar-refractivity contribution in [2.24, 2.45) is 10.8 Å². The predicted molar refractivity (Wildman–Crippen MR) is 146 cm³/mol. The molecule has 1 aliphatic heterocycles. The summed E-state index contributed by atoms with van der Waals surface area (Å²) in [6.45, 7) is 8.31. The second kappa shape index (κ2) is 9.09. The molecule has 0 radical (unpaired) electrons. The van der Waals surface area contributed by atoms with Crippen LogP contribution >= 0.6 is 11.6 Å². The lowest BCUT2D eigenvalue weighted by atomic mass is 9.63. The highest BCUT2D eigenvalue weighted by molar-refractivity contribution is 7.87. The third-order valence-electron chi connectivity index (χ3n) is 7.71. The Balaban J connectivity index is 1.70. The van der Waals surface area contributed by atoms with Gasteiger partial charge in [0.15, 0.2) is 11.6 Å². The van der Waals surface area contributed by atoms with Crippen LogP contribution in [0.25, 0.3) is 0 Å². The molecule has 0 saturated carbocycles. The van der Waals surface area contributed by atoms with Gasteiger partial charge in [0.1, 0.15) is 10.6 Å². The van der Waals surface area contributed by atoms with Gasteiger partial charge in [-0.15, -0.1) is 0 Å². The predicted octanol–water partition coefficient (Wildman–Crippen LogP) is 6.42. The number of carbonyl (C=O) groups is 2. The average molecular weight is 554 g/mol. The van der Waals surface area contributed by atoms with Crippen LogP contribution in [-0.2, 0) is 19.7 Å². The summed E-state index contributed by atoms with van der Waals surface area (Å²) in [7, 11) is -2.25. The number of Topliss-reactive ketones (excluding diaryl/α,β-unsaturated/α-hetero) is 2. The summed E-state index contributed by atoms with van der Waals surface area (Å²) >= 11 is 5.94. The molecular formula is C30H32ClNO5S. The van der Waals surface area contributed by atoms with E-state index in [1.165, 1.54) is 24.3 Å². The normalized spacial score (nSPS) is 21.4.